The molecule has 0 radical (unpaired) electrons. The van der Waals surface area contributed by atoms with Crippen molar-refractivity contribution in [2.75, 3.05) is 13.2 Å². The van der Waals surface area contributed by atoms with Gasteiger partial charge in [0.15, 0.2) is 12.7 Å². The maximum absolute atomic E-state index is 10.6. The van der Waals surface area contributed by atoms with Crippen LogP contribution in [-0.2, 0) is 16.2 Å². The lowest BCUT2D eigenvalue weighted by molar-refractivity contribution is -0.136. The van der Waals surface area contributed by atoms with Crippen LogP contribution in [0.15, 0.2) is 71.9 Å². The molecule has 0 heterocycles. The van der Waals surface area contributed by atoms with Crippen molar-refractivity contribution in [3.05, 3.63) is 99.6 Å². The molecule has 7 heteroatoms. The number of nitrogens with one attached hydrogen (secondary N) is 1. The van der Waals surface area contributed by atoms with Gasteiger partial charge in [-0.3, -0.25) is 4.79 Å². The number of carboxylic acids is 1. The summed E-state index contributed by atoms with van der Waals surface area (Å²) >= 11 is 6.21. The third kappa shape index (κ3) is 8.42. The van der Waals surface area contributed by atoms with Crippen LogP contribution in [0.5, 0.6) is 5.75 Å². The molecular formula is C28H31ClN2O4. The van der Waals surface area contributed by atoms with Crippen molar-refractivity contribution in [1.29, 1.82) is 0 Å². The highest BCUT2D eigenvalue weighted by atomic mass is 35.5. The fourth-order valence-corrected chi connectivity index (χ4v) is 3.60. The molecule has 184 valence electrons. The lowest BCUT2D eigenvalue weighted by atomic mass is 10.1. The molecule has 0 aliphatic rings. The predicted octanol–water partition coefficient (Wildman–Crippen LogP) is 6.08. The average Bonchev–Trinajstić information content (AvgIpc) is 2.83. The number of rotatable bonds is 12. The summed E-state index contributed by atoms with van der Waals surface area (Å²) in [5.74, 6) is -0.0494. The molecule has 35 heavy (non-hydrogen) atoms. The van der Waals surface area contributed by atoms with Crippen LogP contribution in [-0.4, -0.2) is 29.9 Å². The van der Waals surface area contributed by atoms with E-state index >= 15 is 0 Å². The van der Waals surface area contributed by atoms with Crippen molar-refractivity contribution >= 4 is 23.3 Å². The third-order valence-corrected chi connectivity index (χ3v) is 5.86. The van der Waals surface area contributed by atoms with Gasteiger partial charge < -0.3 is 20.0 Å². The average molecular weight is 495 g/mol. The van der Waals surface area contributed by atoms with Crippen LogP contribution in [0.4, 0.5) is 0 Å². The van der Waals surface area contributed by atoms with E-state index in [1.54, 1.807) is 0 Å². The smallest absolute Gasteiger partial charge is 0.304 e. The molecule has 0 aliphatic heterocycles. The van der Waals surface area contributed by atoms with Crippen molar-refractivity contribution in [2.45, 2.75) is 39.8 Å². The Labute approximate surface area is 211 Å². The first kappa shape index (κ1) is 26.3. The van der Waals surface area contributed by atoms with Gasteiger partial charge in [0, 0.05) is 18.1 Å². The Kier molecular flexibility index (Phi) is 9.70. The van der Waals surface area contributed by atoms with E-state index in [2.05, 4.69) is 24.3 Å². The van der Waals surface area contributed by atoms with Crippen LogP contribution in [0.3, 0.4) is 0 Å². The Balaban J connectivity index is 1.63. The molecule has 0 saturated heterocycles. The monoisotopic (exact) mass is 494 g/mol. The number of oxime groups is 1. The van der Waals surface area contributed by atoms with E-state index in [9.17, 15) is 4.79 Å². The Bertz CT molecular complexity index is 1160. The Morgan fingerprint density at radius 3 is 2.51 bits per heavy atom. The van der Waals surface area contributed by atoms with Gasteiger partial charge in [-0.25, -0.2) is 0 Å². The third-order valence-electron chi connectivity index (χ3n) is 5.62. The minimum Gasteiger partial charge on any atom is -0.482 e. The van der Waals surface area contributed by atoms with E-state index in [0.29, 0.717) is 18.1 Å². The van der Waals surface area contributed by atoms with Gasteiger partial charge >= 0.3 is 5.97 Å². The van der Waals surface area contributed by atoms with Crippen LogP contribution in [0.1, 0.15) is 47.3 Å². The number of hydrogen-bond acceptors (Lipinski definition) is 5. The van der Waals surface area contributed by atoms with Crippen molar-refractivity contribution in [3.63, 3.8) is 0 Å². The van der Waals surface area contributed by atoms with Crippen molar-refractivity contribution in [3.8, 4) is 5.75 Å². The predicted molar refractivity (Wildman–Crippen MR) is 139 cm³/mol. The molecule has 1 atom stereocenters. The molecule has 0 aliphatic carbocycles. The number of benzene rings is 3. The molecular weight excluding hydrogens is 464 g/mol. The second kappa shape index (κ2) is 12.9. The second-order valence-corrected chi connectivity index (χ2v) is 8.83. The van der Waals surface area contributed by atoms with Gasteiger partial charge in [0.1, 0.15) is 5.75 Å². The van der Waals surface area contributed by atoms with E-state index in [1.807, 2.05) is 73.7 Å². The number of nitrogens with zero attached hydrogens (tertiary/aromatic N) is 1. The fourth-order valence-electron chi connectivity index (χ4n) is 3.40. The van der Waals surface area contributed by atoms with E-state index < -0.39 is 5.97 Å². The zero-order chi connectivity index (χ0) is 25.2. The zero-order valence-corrected chi connectivity index (χ0v) is 21.0. The van der Waals surface area contributed by atoms with Gasteiger partial charge in [-0.1, -0.05) is 59.2 Å². The molecule has 1 unspecified atom stereocenters. The van der Waals surface area contributed by atoms with Gasteiger partial charge in [0.2, 0.25) is 0 Å². The fraction of sp³-hybridized carbons (Fsp3) is 0.286. The van der Waals surface area contributed by atoms with E-state index in [0.717, 1.165) is 33.7 Å². The number of hydrogen-bond donors (Lipinski definition) is 2. The Morgan fingerprint density at radius 1 is 1.06 bits per heavy atom. The first-order valence-electron chi connectivity index (χ1n) is 11.5. The number of carbonyl (C=O) groups is 1. The largest absolute Gasteiger partial charge is 0.482 e. The maximum atomic E-state index is 10.6. The van der Waals surface area contributed by atoms with Gasteiger partial charge in [0.25, 0.3) is 0 Å². The highest BCUT2D eigenvalue weighted by Crippen LogP contribution is 2.26. The molecule has 0 bridgehead atoms. The van der Waals surface area contributed by atoms with E-state index in [4.69, 9.17) is 26.3 Å². The number of halogens is 1. The molecule has 0 saturated carbocycles. The number of aliphatic carboxylic acids is 1. The summed E-state index contributed by atoms with van der Waals surface area (Å²) in [6.07, 6.45) is -0.281. The molecule has 3 aromatic rings. The first-order valence-corrected chi connectivity index (χ1v) is 11.9. The summed E-state index contributed by atoms with van der Waals surface area (Å²) in [7, 11) is 0. The Hall–Kier alpha value is -3.35. The van der Waals surface area contributed by atoms with Gasteiger partial charge in [-0.2, -0.15) is 0 Å². The van der Waals surface area contributed by atoms with Crippen molar-refractivity contribution in [1.82, 2.24) is 5.32 Å². The molecule has 3 aromatic carbocycles. The minimum absolute atomic E-state index is 0.102. The normalized spacial score (nSPS) is 12.3. The standard InChI is InChI=1S/C28H31ClN2O4/c1-19-7-12-26(15-20(19)2)35-27(24-5-4-6-25(29)16-24)18-34-31-21(3)23-10-8-22(9-11-23)17-30-14-13-28(32)33/h4-12,15-16,27,30H,13-14,17-18H2,1-3H3,(H,32,33). The topological polar surface area (TPSA) is 80.2 Å². The van der Waals surface area contributed by atoms with Crippen molar-refractivity contribution in [2.24, 2.45) is 5.16 Å². The SMILES string of the molecule is CC(=NOCC(Oc1ccc(C)c(C)c1)c1cccc(Cl)c1)c1ccc(CNCCC(=O)O)cc1. The molecule has 6 nitrogen and oxygen atoms in total. The summed E-state index contributed by atoms with van der Waals surface area (Å²) in [5.41, 5.74) is 6.01. The molecule has 2 N–H and O–H groups in total. The number of ether oxygens (including phenoxy) is 1. The van der Waals surface area contributed by atoms with Crippen LogP contribution < -0.4 is 10.1 Å². The van der Waals surface area contributed by atoms with Gasteiger partial charge in [0.05, 0.1) is 12.1 Å². The summed E-state index contributed by atoms with van der Waals surface area (Å²) in [4.78, 5) is 16.3. The minimum atomic E-state index is -0.809. The number of carboxylic acid groups (broad SMARTS) is 1. The molecule has 0 spiro atoms. The molecule has 3 rings (SSSR count). The lowest BCUT2D eigenvalue weighted by Crippen LogP contribution is -2.17. The van der Waals surface area contributed by atoms with Crippen molar-refractivity contribution < 1.29 is 19.5 Å². The second-order valence-electron chi connectivity index (χ2n) is 8.40. The Morgan fingerprint density at radius 2 is 1.83 bits per heavy atom. The van der Waals surface area contributed by atoms with Crippen LogP contribution in [0, 0.1) is 13.8 Å². The van der Waals surface area contributed by atoms with E-state index in [-0.39, 0.29) is 19.1 Å². The van der Waals surface area contributed by atoms with Gasteiger partial charge in [-0.05, 0) is 72.9 Å². The summed E-state index contributed by atoms with van der Waals surface area (Å²) in [6.45, 7) is 7.27. The van der Waals surface area contributed by atoms with E-state index in [1.165, 1.54) is 5.56 Å². The highest BCUT2D eigenvalue weighted by molar-refractivity contribution is 6.30. The first-order chi connectivity index (χ1) is 16.8. The quantitative estimate of drug-likeness (QED) is 0.181. The molecule has 0 amide bonds. The van der Waals surface area contributed by atoms with Crippen LogP contribution >= 0.6 is 11.6 Å². The van der Waals surface area contributed by atoms with Crippen LogP contribution in [0.2, 0.25) is 5.02 Å². The summed E-state index contributed by atoms with van der Waals surface area (Å²) in [6, 6.07) is 21.5. The van der Waals surface area contributed by atoms with Crippen LogP contribution in [0.25, 0.3) is 0 Å². The summed E-state index contributed by atoms with van der Waals surface area (Å²) < 4.78 is 6.26. The highest BCUT2D eigenvalue weighted by Gasteiger charge is 2.16. The maximum Gasteiger partial charge on any atom is 0.304 e. The lowest BCUT2D eigenvalue weighted by Gasteiger charge is -2.19. The summed E-state index contributed by atoms with van der Waals surface area (Å²) in [5, 5.41) is 16.8. The molecule has 0 fully saturated rings. The zero-order valence-electron chi connectivity index (χ0n) is 20.3. The van der Waals surface area contributed by atoms with Gasteiger partial charge in [-0.15, -0.1) is 0 Å². The molecule has 0 aromatic heterocycles. The number of aryl methyl sites for hydroxylation is 2.